The third-order valence-electron chi connectivity index (χ3n) is 1.47. The maximum absolute atomic E-state index is 8.82. The predicted octanol–water partition coefficient (Wildman–Crippen LogP) is -9.02. The van der Waals surface area contributed by atoms with Crippen molar-refractivity contribution in [3.8, 4) is 0 Å². The number of halogens is 7. The molecule has 0 unspecified atom stereocenters. The van der Waals surface area contributed by atoms with E-state index in [0.29, 0.717) is 21.2 Å². The van der Waals surface area contributed by atoms with Crippen LogP contribution in [0.15, 0.2) is 30.3 Å². The van der Waals surface area contributed by atoms with Gasteiger partial charge in [-0.05, 0) is 18.6 Å². The molecule has 0 heterocycles. The van der Waals surface area contributed by atoms with Crippen molar-refractivity contribution < 1.29 is 108 Å². The SMILES string of the molecule is CCCC[I+]c1ccccc1.F.F.F.F.F.F.[O]=[Sb]([OH])[OH].[O]=[Sb]([OH])[OH].[O]=[Sb]([OH])[OH].[O]=[Sb]([OH])[OH].[O]=[Sb]([OH])[OH].[O]=[Sb]([OH])[OH]. The molecule has 0 aliphatic carbocycles. The van der Waals surface area contributed by atoms with E-state index in [1.54, 1.807) is 3.57 Å². The van der Waals surface area contributed by atoms with E-state index in [2.05, 4.69) is 37.3 Å². The molecule has 0 saturated heterocycles. The maximum atomic E-state index is 8.82. The molecule has 0 aliphatic heterocycles. The summed E-state index contributed by atoms with van der Waals surface area (Å²) in [6.07, 6.45) is 2.74. The van der Waals surface area contributed by atoms with Crippen molar-refractivity contribution >= 4 is 126 Å². The first-order valence-electron chi connectivity index (χ1n) is 7.57. The third-order valence-corrected chi connectivity index (χ3v) is 4.37. The normalized spacial score (nSPS) is 6.46. The quantitative estimate of drug-likeness (QED) is 0.0438. The average Bonchev–Trinajstić information content (AvgIpc) is 2.60. The Bertz CT molecular complexity index is 601. The van der Waals surface area contributed by atoms with Gasteiger partial charge in [0.15, 0.2) is 3.57 Å². The first-order chi connectivity index (χ1) is 15.8. The van der Waals surface area contributed by atoms with Gasteiger partial charge in [-0.3, -0.25) is 28.2 Å². The van der Waals surface area contributed by atoms with Crippen LogP contribution in [0.25, 0.3) is 0 Å². The summed E-state index contributed by atoms with van der Waals surface area (Å²) in [5.74, 6) is 0. The Kier molecular flexibility index (Phi) is 134. The van der Waals surface area contributed by atoms with Crippen LogP contribution in [-0.2, 0) is 18.1 Å². The molecule has 41 heavy (non-hydrogen) atoms. The Labute approximate surface area is 288 Å². The Morgan fingerprint density at radius 3 is 0.854 bits per heavy atom. The summed E-state index contributed by atoms with van der Waals surface area (Å²) in [5, 5.41) is 0. The van der Waals surface area contributed by atoms with E-state index in [-0.39, 0.29) is 28.2 Å². The van der Waals surface area contributed by atoms with Crippen LogP contribution in [0, 0.1) is 3.57 Å². The minimum atomic E-state index is -3.70. The average molecular weight is 1410 g/mol. The summed E-state index contributed by atoms with van der Waals surface area (Å²) in [6, 6.07) is 10.9. The van der Waals surface area contributed by atoms with Crippen LogP contribution in [0.5, 0.6) is 0 Å². The second-order valence-corrected chi connectivity index (χ2v) is 15.7. The zero-order chi connectivity index (χ0) is 29.4. The molecular formula is C10H32F6IO18Sb6+. The zero-order valence-electron chi connectivity index (χ0n) is 19.8. The van der Waals surface area contributed by atoms with E-state index in [1.807, 2.05) is 0 Å². The fourth-order valence-electron chi connectivity index (χ4n) is 0.813. The molecule has 0 spiro atoms. The van der Waals surface area contributed by atoms with Gasteiger partial charge in [0.1, 0.15) is 4.43 Å². The zero-order valence-corrected chi connectivity index (χ0v) is 37.3. The number of hydrogen-bond donors (Lipinski definition) is 12. The fraction of sp³-hybridized carbons (Fsp3) is 0.400. The molecule has 1 aromatic rings. The van der Waals surface area contributed by atoms with Crippen LogP contribution in [-0.4, -0.2) is 171 Å². The van der Waals surface area contributed by atoms with Gasteiger partial charge in [0.2, 0.25) is 0 Å². The van der Waals surface area contributed by atoms with Crippen LogP contribution in [0.2, 0.25) is 0 Å². The Hall–Kier alpha value is 2.76. The molecule has 258 valence electrons. The molecule has 0 amide bonds. The molecule has 0 saturated carbocycles. The van der Waals surface area contributed by atoms with Crippen molar-refractivity contribution in [2.45, 2.75) is 19.8 Å². The van der Waals surface area contributed by atoms with Gasteiger partial charge in [0.05, 0.1) is 0 Å². The van der Waals surface area contributed by atoms with Crippen molar-refractivity contribution in [2.24, 2.45) is 0 Å². The number of unbranched alkanes of at least 4 members (excludes halogenated alkanes) is 1. The standard InChI is InChI=1S/C10H14I.6FH.12H2O.6O.6Sb/c1-2-3-9-11-10-7-5-4-6-8-10;;;;;;;;;;;;;;;;;;;;;;;;;;;;;;/h4-8H,2-3,9H2,1H3;6*1H;12*1H2;;;;;;;;;;;;/q+1;;;;;;;;;;;;;;;;;;;;;;;;;6*+2/p-12. The molecule has 0 bridgehead atoms. The van der Waals surface area contributed by atoms with Crippen LogP contribution < -0.4 is 21.2 Å². The van der Waals surface area contributed by atoms with Crippen LogP contribution in [0.4, 0.5) is 28.2 Å². The molecule has 18 nitrogen and oxygen atoms in total. The van der Waals surface area contributed by atoms with Gasteiger partial charge < -0.3 is 0 Å². The van der Waals surface area contributed by atoms with E-state index in [0.717, 1.165) is 0 Å². The van der Waals surface area contributed by atoms with Crippen molar-refractivity contribution in [1.29, 1.82) is 0 Å². The Balaban J connectivity index is -0.0000000247. The molecule has 0 atom stereocenters. The van der Waals surface area contributed by atoms with Gasteiger partial charge in [0, 0.05) is 0 Å². The van der Waals surface area contributed by atoms with E-state index in [9.17, 15) is 0 Å². The van der Waals surface area contributed by atoms with E-state index in [1.165, 1.54) is 17.3 Å². The summed E-state index contributed by atoms with van der Waals surface area (Å²) >= 11 is -21.9. The van der Waals surface area contributed by atoms with Gasteiger partial charge in [-0.25, -0.2) is 0 Å². The number of rotatable bonds is 4. The first-order valence-corrected chi connectivity index (χ1v) is 30.1. The van der Waals surface area contributed by atoms with Gasteiger partial charge in [-0.1, -0.05) is 31.5 Å². The van der Waals surface area contributed by atoms with Crippen molar-refractivity contribution in [3.05, 3.63) is 33.9 Å². The number of benzene rings is 1. The molecule has 0 aliphatic rings. The van der Waals surface area contributed by atoms with Gasteiger partial charge >= 0.3 is 206 Å². The van der Waals surface area contributed by atoms with Gasteiger partial charge in [-0.2, -0.15) is 0 Å². The van der Waals surface area contributed by atoms with Crippen LogP contribution in [0.1, 0.15) is 19.8 Å². The Morgan fingerprint density at radius 2 is 0.683 bits per heavy atom. The molecular weight excluding hydrogens is 1380 g/mol. The van der Waals surface area contributed by atoms with Crippen molar-refractivity contribution in [3.63, 3.8) is 0 Å². The first kappa shape index (κ1) is 79.3. The molecule has 0 aromatic heterocycles. The summed E-state index contributed by atoms with van der Waals surface area (Å²) in [6.45, 7) is 2.26. The van der Waals surface area contributed by atoms with Crippen LogP contribution >= 0.6 is 0 Å². The number of alkyl halides is 1. The topological polar surface area (TPSA) is 345 Å². The van der Waals surface area contributed by atoms with Gasteiger partial charge in [-0.15, -0.1) is 0 Å². The molecule has 12 N–H and O–H groups in total. The summed E-state index contributed by atoms with van der Waals surface area (Å²) in [7, 11) is 0. The monoisotopic (exact) mass is 1410 g/mol. The molecule has 1 rings (SSSR count). The minimum absolute atomic E-state index is 0. The van der Waals surface area contributed by atoms with E-state index in [4.69, 9.17) is 58.7 Å². The summed E-state index contributed by atoms with van der Waals surface area (Å²) < 4.78 is 143. The summed E-state index contributed by atoms with van der Waals surface area (Å²) in [4.78, 5) is 0. The third kappa shape index (κ3) is 286. The van der Waals surface area contributed by atoms with Crippen molar-refractivity contribution in [1.82, 2.24) is 0 Å². The second kappa shape index (κ2) is 69.5. The van der Waals surface area contributed by atoms with Crippen molar-refractivity contribution in [2.75, 3.05) is 4.43 Å². The molecule has 31 heteroatoms. The van der Waals surface area contributed by atoms with E-state index >= 15 is 0 Å². The predicted molar refractivity (Wildman–Crippen MR) is 125 cm³/mol. The molecule has 1 aromatic carbocycles. The number of hydrogen-bond acceptors (Lipinski definition) is 6. The molecule has 0 fully saturated rings. The molecule has 6 radical (unpaired) electrons. The van der Waals surface area contributed by atoms with E-state index < -0.39 is 126 Å². The second-order valence-electron chi connectivity index (χ2n) is 3.99. The Morgan fingerprint density at radius 1 is 0.488 bits per heavy atom. The van der Waals surface area contributed by atoms with Crippen LogP contribution in [0.3, 0.4) is 0 Å². The fourth-order valence-corrected chi connectivity index (χ4v) is 3.50. The van der Waals surface area contributed by atoms with Gasteiger partial charge in [0.25, 0.3) is 0 Å². The summed E-state index contributed by atoms with van der Waals surface area (Å²) in [5.41, 5.74) is 0.